The summed E-state index contributed by atoms with van der Waals surface area (Å²) >= 11 is 1.57. The topological polar surface area (TPSA) is 46.5 Å². The van der Waals surface area contributed by atoms with Crippen LogP contribution in [-0.2, 0) is 9.53 Å². The van der Waals surface area contributed by atoms with Gasteiger partial charge >= 0.3 is 5.97 Å². The first kappa shape index (κ1) is 15.3. The highest BCUT2D eigenvalue weighted by molar-refractivity contribution is 7.99. The summed E-state index contributed by atoms with van der Waals surface area (Å²) < 4.78 is 17.9. The second kappa shape index (κ2) is 6.14. The summed E-state index contributed by atoms with van der Waals surface area (Å²) in [7, 11) is 1.40. The molecular formula is C15H19FO3S. The van der Waals surface area contributed by atoms with Gasteiger partial charge in [0.05, 0.1) is 19.6 Å². The van der Waals surface area contributed by atoms with Crippen LogP contribution in [0.5, 0.6) is 0 Å². The number of benzene rings is 1. The van der Waals surface area contributed by atoms with Crippen LogP contribution < -0.4 is 0 Å². The standard InChI is InChI=1S/C15H19FO3S/c1-10(17)12-7-11(16)3-4-13(12)20-9-15(5-6-15)8-14(18)19-2/h3-4,7,10,17H,5-6,8-9H2,1-2H3. The highest BCUT2D eigenvalue weighted by atomic mass is 32.2. The molecule has 1 atom stereocenters. The lowest BCUT2D eigenvalue weighted by Gasteiger charge is -2.16. The monoisotopic (exact) mass is 298 g/mol. The number of esters is 1. The van der Waals surface area contributed by atoms with Crippen LogP contribution in [0.2, 0.25) is 0 Å². The zero-order valence-electron chi connectivity index (χ0n) is 11.7. The summed E-state index contributed by atoms with van der Waals surface area (Å²) in [6, 6.07) is 4.46. The average Bonchev–Trinajstić information content (AvgIpc) is 3.17. The molecule has 0 amide bonds. The summed E-state index contributed by atoms with van der Waals surface area (Å²) in [6.07, 6.45) is 1.76. The fourth-order valence-corrected chi connectivity index (χ4v) is 3.55. The average molecular weight is 298 g/mol. The van der Waals surface area contributed by atoms with Crippen molar-refractivity contribution >= 4 is 17.7 Å². The summed E-state index contributed by atoms with van der Waals surface area (Å²) in [4.78, 5) is 12.3. The summed E-state index contributed by atoms with van der Waals surface area (Å²) in [6.45, 7) is 1.63. The molecule has 1 unspecified atom stereocenters. The molecule has 0 aromatic heterocycles. The molecule has 0 radical (unpaired) electrons. The molecule has 3 nitrogen and oxygen atoms in total. The molecule has 20 heavy (non-hydrogen) atoms. The number of thioether (sulfide) groups is 1. The molecule has 1 aromatic rings. The van der Waals surface area contributed by atoms with Crippen molar-refractivity contribution in [3.8, 4) is 0 Å². The molecule has 1 aromatic carbocycles. The number of rotatable bonds is 6. The third-order valence-electron chi connectivity index (χ3n) is 3.66. The van der Waals surface area contributed by atoms with Gasteiger partial charge in [-0.15, -0.1) is 11.8 Å². The Hall–Kier alpha value is -1.07. The van der Waals surface area contributed by atoms with Gasteiger partial charge in [-0.2, -0.15) is 0 Å². The summed E-state index contributed by atoms with van der Waals surface area (Å²) in [5.74, 6) is 0.256. The first-order valence-corrected chi connectivity index (χ1v) is 7.61. The predicted molar refractivity (Wildman–Crippen MR) is 76.1 cm³/mol. The minimum Gasteiger partial charge on any atom is -0.469 e. The maximum Gasteiger partial charge on any atom is 0.306 e. The molecule has 2 rings (SSSR count). The molecule has 0 spiro atoms. The van der Waals surface area contributed by atoms with E-state index in [-0.39, 0.29) is 17.2 Å². The van der Waals surface area contributed by atoms with Gasteiger partial charge < -0.3 is 9.84 Å². The Bertz CT molecular complexity index is 498. The number of hydrogen-bond acceptors (Lipinski definition) is 4. The maximum absolute atomic E-state index is 13.2. The van der Waals surface area contributed by atoms with Gasteiger partial charge in [0.15, 0.2) is 0 Å². The molecule has 1 N–H and O–H groups in total. The van der Waals surface area contributed by atoms with E-state index in [1.54, 1.807) is 24.8 Å². The van der Waals surface area contributed by atoms with Crippen LogP contribution >= 0.6 is 11.8 Å². The molecule has 0 saturated heterocycles. The van der Waals surface area contributed by atoms with Crippen molar-refractivity contribution in [1.82, 2.24) is 0 Å². The van der Waals surface area contributed by atoms with Gasteiger partial charge in [0.2, 0.25) is 0 Å². The van der Waals surface area contributed by atoms with Crippen molar-refractivity contribution in [2.45, 2.75) is 37.2 Å². The third kappa shape index (κ3) is 3.73. The van der Waals surface area contributed by atoms with Crippen molar-refractivity contribution in [1.29, 1.82) is 0 Å². The van der Waals surface area contributed by atoms with E-state index < -0.39 is 6.10 Å². The molecule has 1 saturated carbocycles. The van der Waals surface area contributed by atoms with E-state index >= 15 is 0 Å². The Morgan fingerprint density at radius 2 is 2.25 bits per heavy atom. The molecule has 110 valence electrons. The lowest BCUT2D eigenvalue weighted by atomic mass is 10.1. The second-order valence-electron chi connectivity index (χ2n) is 5.40. The van der Waals surface area contributed by atoms with Gasteiger partial charge in [0, 0.05) is 10.6 Å². The zero-order chi connectivity index (χ0) is 14.8. The molecule has 1 fully saturated rings. The van der Waals surface area contributed by atoms with Crippen molar-refractivity contribution in [2.24, 2.45) is 5.41 Å². The number of halogens is 1. The van der Waals surface area contributed by atoms with Crippen LogP contribution in [0.4, 0.5) is 4.39 Å². The number of aliphatic hydroxyl groups excluding tert-OH is 1. The van der Waals surface area contributed by atoms with E-state index in [0.29, 0.717) is 12.0 Å². The minimum atomic E-state index is -0.705. The summed E-state index contributed by atoms with van der Waals surface area (Å²) in [5.41, 5.74) is 0.617. The van der Waals surface area contributed by atoms with Gasteiger partial charge in [-0.3, -0.25) is 4.79 Å². The van der Waals surface area contributed by atoms with Crippen molar-refractivity contribution in [3.63, 3.8) is 0 Å². The van der Waals surface area contributed by atoms with E-state index in [4.69, 9.17) is 4.74 Å². The van der Waals surface area contributed by atoms with E-state index in [1.165, 1.54) is 19.2 Å². The second-order valence-corrected chi connectivity index (χ2v) is 6.42. The third-order valence-corrected chi connectivity index (χ3v) is 5.10. The van der Waals surface area contributed by atoms with Crippen LogP contribution in [0.25, 0.3) is 0 Å². The van der Waals surface area contributed by atoms with E-state index in [2.05, 4.69) is 0 Å². The van der Waals surface area contributed by atoms with Gasteiger partial charge in [0.1, 0.15) is 5.82 Å². The smallest absolute Gasteiger partial charge is 0.306 e. The number of carbonyl (C=O) groups is 1. The van der Waals surface area contributed by atoms with E-state index in [9.17, 15) is 14.3 Å². The predicted octanol–water partition coefficient (Wildman–Crippen LogP) is 3.31. The Balaban J connectivity index is 2.02. The SMILES string of the molecule is COC(=O)CC1(CSc2ccc(F)cc2C(C)O)CC1. The first-order valence-electron chi connectivity index (χ1n) is 6.63. The number of aliphatic hydroxyl groups is 1. The maximum atomic E-state index is 13.2. The van der Waals surface area contributed by atoms with Gasteiger partial charge in [-0.25, -0.2) is 4.39 Å². The highest BCUT2D eigenvalue weighted by Gasteiger charge is 2.44. The molecule has 0 heterocycles. The highest BCUT2D eigenvalue weighted by Crippen LogP contribution is 2.52. The normalized spacial score (nSPS) is 17.6. The van der Waals surface area contributed by atoms with Crippen LogP contribution in [0, 0.1) is 11.2 Å². The number of hydrogen-bond donors (Lipinski definition) is 1. The van der Waals surface area contributed by atoms with Gasteiger partial charge in [-0.1, -0.05) is 0 Å². The van der Waals surface area contributed by atoms with Crippen molar-refractivity contribution in [2.75, 3.05) is 12.9 Å². The molecule has 5 heteroatoms. The first-order chi connectivity index (χ1) is 9.46. The lowest BCUT2D eigenvalue weighted by molar-refractivity contribution is -0.141. The van der Waals surface area contributed by atoms with Gasteiger partial charge in [0.25, 0.3) is 0 Å². The van der Waals surface area contributed by atoms with Gasteiger partial charge in [-0.05, 0) is 48.9 Å². The quantitative estimate of drug-likeness (QED) is 0.646. The molecule has 0 aliphatic heterocycles. The Labute approximate surface area is 122 Å². The Kier molecular flexibility index (Phi) is 4.70. The Morgan fingerprint density at radius 3 is 2.80 bits per heavy atom. The summed E-state index contributed by atoms with van der Waals surface area (Å²) in [5, 5.41) is 9.70. The minimum absolute atomic E-state index is 0.0160. The molecular weight excluding hydrogens is 279 g/mol. The van der Waals surface area contributed by atoms with Crippen LogP contribution in [0.3, 0.4) is 0 Å². The van der Waals surface area contributed by atoms with Crippen molar-refractivity contribution in [3.05, 3.63) is 29.6 Å². The molecule has 1 aliphatic carbocycles. The van der Waals surface area contributed by atoms with E-state index in [1.807, 2.05) is 0 Å². The zero-order valence-corrected chi connectivity index (χ0v) is 12.5. The van der Waals surface area contributed by atoms with Crippen LogP contribution in [0.15, 0.2) is 23.1 Å². The van der Waals surface area contributed by atoms with Crippen molar-refractivity contribution < 1.29 is 19.0 Å². The number of methoxy groups -OCH3 is 1. The van der Waals surface area contributed by atoms with E-state index in [0.717, 1.165) is 23.5 Å². The van der Waals surface area contributed by atoms with Crippen LogP contribution in [-0.4, -0.2) is 23.9 Å². The fourth-order valence-electron chi connectivity index (χ4n) is 2.14. The Morgan fingerprint density at radius 1 is 1.55 bits per heavy atom. The molecule has 0 bridgehead atoms. The largest absolute Gasteiger partial charge is 0.469 e. The number of carbonyl (C=O) groups excluding carboxylic acids is 1. The molecule has 1 aliphatic rings. The fraction of sp³-hybridized carbons (Fsp3) is 0.533. The lowest BCUT2D eigenvalue weighted by Crippen LogP contribution is -2.13. The van der Waals surface area contributed by atoms with Crippen LogP contribution in [0.1, 0.15) is 37.9 Å². The number of ether oxygens (including phenoxy) is 1.